The SMILES string of the molecule is CC(C(=O)NC1CC1)N1CCc2ccccc2CC1. The fraction of sp³-hybridized carbons (Fsp3) is 0.562. The van der Waals surface area contributed by atoms with Crippen LogP contribution in [0.25, 0.3) is 0 Å². The van der Waals surface area contributed by atoms with Crippen LogP contribution < -0.4 is 5.32 Å². The van der Waals surface area contributed by atoms with E-state index in [9.17, 15) is 4.79 Å². The highest BCUT2D eigenvalue weighted by molar-refractivity contribution is 5.81. The van der Waals surface area contributed by atoms with Crippen molar-refractivity contribution in [2.75, 3.05) is 13.1 Å². The van der Waals surface area contributed by atoms with Gasteiger partial charge in [0.1, 0.15) is 0 Å². The first-order chi connectivity index (χ1) is 9.24. The molecule has 1 unspecified atom stereocenters. The van der Waals surface area contributed by atoms with Crippen molar-refractivity contribution >= 4 is 5.91 Å². The molecule has 0 bridgehead atoms. The van der Waals surface area contributed by atoms with E-state index in [0.717, 1.165) is 38.8 Å². The third-order valence-electron chi connectivity index (χ3n) is 4.31. The van der Waals surface area contributed by atoms with E-state index in [0.29, 0.717) is 6.04 Å². The van der Waals surface area contributed by atoms with Crippen LogP contribution in [0.3, 0.4) is 0 Å². The number of hydrogen-bond acceptors (Lipinski definition) is 2. The summed E-state index contributed by atoms with van der Waals surface area (Å²) in [5.74, 6) is 0.202. The van der Waals surface area contributed by atoms with Crippen LogP contribution in [0.2, 0.25) is 0 Å². The predicted octanol–water partition coefficient (Wildman–Crippen LogP) is 1.75. The van der Waals surface area contributed by atoms with Gasteiger partial charge in [-0.1, -0.05) is 24.3 Å². The maximum absolute atomic E-state index is 12.1. The Hall–Kier alpha value is -1.35. The Kier molecular flexibility index (Phi) is 3.56. The van der Waals surface area contributed by atoms with Crippen molar-refractivity contribution in [2.24, 2.45) is 0 Å². The molecule has 3 rings (SSSR count). The molecule has 0 saturated heterocycles. The molecule has 1 heterocycles. The second kappa shape index (κ2) is 5.33. The van der Waals surface area contributed by atoms with Crippen molar-refractivity contribution in [3.8, 4) is 0 Å². The average Bonchev–Trinajstić information content (AvgIpc) is 3.24. The van der Waals surface area contributed by atoms with Gasteiger partial charge in [-0.05, 0) is 43.7 Å². The fourth-order valence-corrected chi connectivity index (χ4v) is 2.79. The van der Waals surface area contributed by atoms with Crippen molar-refractivity contribution in [3.63, 3.8) is 0 Å². The number of nitrogens with one attached hydrogen (secondary N) is 1. The highest BCUT2D eigenvalue weighted by atomic mass is 16.2. The summed E-state index contributed by atoms with van der Waals surface area (Å²) in [5, 5.41) is 3.11. The van der Waals surface area contributed by atoms with Gasteiger partial charge in [-0.15, -0.1) is 0 Å². The zero-order chi connectivity index (χ0) is 13.2. The highest BCUT2D eigenvalue weighted by Crippen LogP contribution is 2.20. The number of carbonyl (C=O) groups is 1. The summed E-state index contributed by atoms with van der Waals surface area (Å²) in [4.78, 5) is 14.4. The average molecular weight is 258 g/mol. The van der Waals surface area contributed by atoms with Gasteiger partial charge < -0.3 is 5.32 Å². The molecule has 0 radical (unpaired) electrons. The van der Waals surface area contributed by atoms with E-state index in [4.69, 9.17) is 0 Å². The maximum Gasteiger partial charge on any atom is 0.237 e. The summed E-state index contributed by atoms with van der Waals surface area (Å²) in [6.45, 7) is 4.00. The third kappa shape index (κ3) is 2.98. The summed E-state index contributed by atoms with van der Waals surface area (Å²) in [6.07, 6.45) is 4.42. The van der Waals surface area contributed by atoms with Gasteiger partial charge in [0.25, 0.3) is 0 Å². The molecule has 2 aliphatic rings. The zero-order valence-corrected chi connectivity index (χ0v) is 11.6. The minimum atomic E-state index is -0.00471. The molecule has 0 spiro atoms. The van der Waals surface area contributed by atoms with Crippen LogP contribution in [-0.4, -0.2) is 36.0 Å². The van der Waals surface area contributed by atoms with Gasteiger partial charge in [0.05, 0.1) is 6.04 Å². The molecule has 1 fully saturated rings. The number of rotatable bonds is 3. The van der Waals surface area contributed by atoms with E-state index in [1.54, 1.807) is 0 Å². The molecule has 19 heavy (non-hydrogen) atoms. The number of benzene rings is 1. The molecule has 1 aromatic rings. The summed E-state index contributed by atoms with van der Waals surface area (Å²) < 4.78 is 0. The van der Waals surface area contributed by atoms with Crippen LogP contribution in [0.4, 0.5) is 0 Å². The van der Waals surface area contributed by atoms with Gasteiger partial charge in [-0.25, -0.2) is 0 Å². The lowest BCUT2D eigenvalue weighted by Gasteiger charge is -2.26. The molecule has 102 valence electrons. The lowest BCUT2D eigenvalue weighted by molar-refractivity contribution is -0.126. The quantitative estimate of drug-likeness (QED) is 0.896. The second-order valence-electron chi connectivity index (χ2n) is 5.76. The van der Waals surface area contributed by atoms with Crippen molar-refractivity contribution < 1.29 is 4.79 Å². The van der Waals surface area contributed by atoms with Gasteiger partial charge in [0, 0.05) is 19.1 Å². The summed E-state index contributed by atoms with van der Waals surface area (Å²) in [7, 11) is 0. The van der Waals surface area contributed by atoms with Crippen LogP contribution in [0.1, 0.15) is 30.9 Å². The molecule has 1 saturated carbocycles. The smallest absolute Gasteiger partial charge is 0.237 e. The number of amides is 1. The number of hydrogen-bond donors (Lipinski definition) is 1. The summed E-state index contributed by atoms with van der Waals surface area (Å²) in [5.41, 5.74) is 2.89. The van der Waals surface area contributed by atoms with Crippen molar-refractivity contribution in [1.29, 1.82) is 0 Å². The monoisotopic (exact) mass is 258 g/mol. The van der Waals surface area contributed by atoms with Gasteiger partial charge in [0.2, 0.25) is 5.91 Å². The predicted molar refractivity (Wildman–Crippen MR) is 76.0 cm³/mol. The lowest BCUT2D eigenvalue weighted by Crippen LogP contribution is -2.46. The molecule has 1 aliphatic carbocycles. The number of nitrogens with zero attached hydrogens (tertiary/aromatic N) is 1. The van der Waals surface area contributed by atoms with Gasteiger partial charge >= 0.3 is 0 Å². The summed E-state index contributed by atoms with van der Waals surface area (Å²) in [6, 6.07) is 9.10. The van der Waals surface area contributed by atoms with E-state index >= 15 is 0 Å². The van der Waals surface area contributed by atoms with E-state index in [1.807, 2.05) is 6.92 Å². The Morgan fingerprint density at radius 1 is 1.21 bits per heavy atom. The van der Waals surface area contributed by atoms with Crippen LogP contribution in [0.5, 0.6) is 0 Å². The van der Waals surface area contributed by atoms with Gasteiger partial charge in [0.15, 0.2) is 0 Å². The van der Waals surface area contributed by atoms with Gasteiger partial charge in [-0.2, -0.15) is 0 Å². The molecule has 0 aromatic heterocycles. The first kappa shape index (κ1) is 12.7. The number of fused-ring (bicyclic) bond motifs is 1. The Balaban J connectivity index is 1.62. The molecule has 3 nitrogen and oxygen atoms in total. The Morgan fingerprint density at radius 3 is 2.32 bits per heavy atom. The van der Waals surface area contributed by atoms with E-state index in [2.05, 4.69) is 34.5 Å². The molecule has 1 atom stereocenters. The molecular weight excluding hydrogens is 236 g/mol. The first-order valence-corrected chi connectivity index (χ1v) is 7.35. The van der Waals surface area contributed by atoms with Crippen molar-refractivity contribution in [2.45, 2.75) is 44.7 Å². The van der Waals surface area contributed by atoms with E-state index < -0.39 is 0 Å². The second-order valence-corrected chi connectivity index (χ2v) is 5.76. The van der Waals surface area contributed by atoms with E-state index in [-0.39, 0.29) is 11.9 Å². The lowest BCUT2D eigenvalue weighted by atomic mass is 10.0. The van der Waals surface area contributed by atoms with Crippen molar-refractivity contribution in [3.05, 3.63) is 35.4 Å². The van der Waals surface area contributed by atoms with Crippen LogP contribution in [0, 0.1) is 0 Å². The first-order valence-electron chi connectivity index (χ1n) is 7.35. The van der Waals surface area contributed by atoms with Gasteiger partial charge in [-0.3, -0.25) is 9.69 Å². The molecule has 1 amide bonds. The van der Waals surface area contributed by atoms with Crippen LogP contribution >= 0.6 is 0 Å². The van der Waals surface area contributed by atoms with Crippen LogP contribution in [-0.2, 0) is 17.6 Å². The van der Waals surface area contributed by atoms with Crippen LogP contribution in [0.15, 0.2) is 24.3 Å². The minimum Gasteiger partial charge on any atom is -0.352 e. The molecule has 1 N–H and O–H groups in total. The Labute approximate surface area is 115 Å². The zero-order valence-electron chi connectivity index (χ0n) is 11.6. The highest BCUT2D eigenvalue weighted by Gasteiger charge is 2.28. The van der Waals surface area contributed by atoms with Crippen molar-refractivity contribution in [1.82, 2.24) is 10.2 Å². The molecule has 3 heteroatoms. The Bertz CT molecular complexity index is 441. The standard InChI is InChI=1S/C16H22N2O/c1-12(16(19)17-15-6-7-15)18-10-8-13-4-2-3-5-14(13)9-11-18/h2-5,12,15H,6-11H2,1H3,(H,17,19). The largest absolute Gasteiger partial charge is 0.352 e. The minimum absolute atomic E-state index is 0.00471. The topological polar surface area (TPSA) is 32.3 Å². The van der Waals surface area contributed by atoms with E-state index in [1.165, 1.54) is 11.1 Å². The normalized spacial score (nSPS) is 21.3. The Morgan fingerprint density at radius 2 is 1.79 bits per heavy atom. The molecular formula is C16H22N2O. The maximum atomic E-state index is 12.1. The fourth-order valence-electron chi connectivity index (χ4n) is 2.79. The molecule has 1 aromatic carbocycles. The summed E-state index contributed by atoms with van der Waals surface area (Å²) >= 11 is 0. The molecule has 1 aliphatic heterocycles. The third-order valence-corrected chi connectivity index (χ3v) is 4.31. The number of carbonyl (C=O) groups excluding carboxylic acids is 1.